The Labute approximate surface area is 102 Å². The highest BCUT2D eigenvalue weighted by Gasteiger charge is 2.13. The Balaban J connectivity index is 2.46. The van der Waals surface area contributed by atoms with E-state index in [0.29, 0.717) is 0 Å². The van der Waals surface area contributed by atoms with Crippen molar-refractivity contribution in [1.82, 2.24) is 4.57 Å². The summed E-state index contributed by atoms with van der Waals surface area (Å²) in [5.74, 6) is 0.0764. The van der Waals surface area contributed by atoms with Crippen LogP contribution in [0.25, 0.3) is 0 Å². The zero-order chi connectivity index (χ0) is 10.8. The molecule has 0 aliphatic rings. The second-order valence-corrected chi connectivity index (χ2v) is 4.48. The van der Waals surface area contributed by atoms with E-state index in [1.54, 1.807) is 0 Å². The third kappa shape index (κ3) is 1.97. The van der Waals surface area contributed by atoms with Crippen LogP contribution >= 0.6 is 22.6 Å². The van der Waals surface area contributed by atoms with Gasteiger partial charge in [0.2, 0.25) is 5.78 Å². The van der Waals surface area contributed by atoms with Crippen LogP contribution in [-0.2, 0) is 7.05 Å². The molecule has 0 radical (unpaired) electrons. The van der Waals surface area contributed by atoms with Crippen molar-refractivity contribution in [1.29, 1.82) is 0 Å². The summed E-state index contributed by atoms with van der Waals surface area (Å²) in [5.41, 5.74) is 1.49. The molecule has 0 aliphatic carbocycles. The van der Waals surface area contributed by atoms with E-state index in [4.69, 9.17) is 0 Å². The van der Waals surface area contributed by atoms with Crippen LogP contribution in [-0.4, -0.2) is 10.4 Å². The zero-order valence-corrected chi connectivity index (χ0v) is 10.4. The van der Waals surface area contributed by atoms with Crippen LogP contribution in [0.1, 0.15) is 16.1 Å². The molecule has 15 heavy (non-hydrogen) atoms. The number of hydrogen-bond donors (Lipinski definition) is 0. The summed E-state index contributed by atoms with van der Waals surface area (Å²) >= 11 is 2.18. The first-order chi connectivity index (χ1) is 7.20. The van der Waals surface area contributed by atoms with Crippen molar-refractivity contribution in [3.8, 4) is 0 Å². The molecule has 76 valence electrons. The standard InChI is InChI=1S/C12H10INO/c1-14-8-4-7-11(14)12(15)9-5-2-3-6-10(9)13/h2-8H,1H3. The average Bonchev–Trinajstić information content (AvgIpc) is 2.64. The van der Waals surface area contributed by atoms with Crippen molar-refractivity contribution < 1.29 is 4.79 Å². The fourth-order valence-electron chi connectivity index (χ4n) is 1.48. The molecule has 0 saturated heterocycles. The lowest BCUT2D eigenvalue weighted by Crippen LogP contribution is -2.08. The minimum absolute atomic E-state index is 0.0764. The zero-order valence-electron chi connectivity index (χ0n) is 8.27. The summed E-state index contributed by atoms with van der Waals surface area (Å²) < 4.78 is 2.83. The number of benzene rings is 1. The minimum Gasteiger partial charge on any atom is -0.348 e. The maximum absolute atomic E-state index is 12.1. The summed E-state index contributed by atoms with van der Waals surface area (Å²) in [6, 6.07) is 11.3. The molecule has 0 spiro atoms. The number of halogens is 1. The Kier molecular flexibility index (Phi) is 2.90. The second kappa shape index (κ2) is 4.18. The topological polar surface area (TPSA) is 22.0 Å². The number of carbonyl (C=O) groups is 1. The van der Waals surface area contributed by atoms with Crippen LogP contribution in [0.5, 0.6) is 0 Å². The molecular formula is C12H10INO. The molecule has 0 aliphatic heterocycles. The maximum atomic E-state index is 12.1. The Morgan fingerprint density at radius 2 is 1.93 bits per heavy atom. The van der Waals surface area contributed by atoms with Crippen LogP contribution in [0.4, 0.5) is 0 Å². The number of aromatic nitrogens is 1. The average molecular weight is 311 g/mol. The van der Waals surface area contributed by atoms with Gasteiger partial charge in [0.25, 0.3) is 0 Å². The van der Waals surface area contributed by atoms with Crippen molar-refractivity contribution in [3.05, 3.63) is 57.4 Å². The minimum atomic E-state index is 0.0764. The van der Waals surface area contributed by atoms with Gasteiger partial charge in [0.1, 0.15) is 0 Å². The molecule has 0 amide bonds. The van der Waals surface area contributed by atoms with Gasteiger partial charge < -0.3 is 4.57 Å². The number of nitrogens with zero attached hydrogens (tertiary/aromatic N) is 1. The van der Waals surface area contributed by atoms with Crippen LogP contribution in [0.3, 0.4) is 0 Å². The van der Waals surface area contributed by atoms with Crippen molar-refractivity contribution in [3.63, 3.8) is 0 Å². The van der Waals surface area contributed by atoms with E-state index >= 15 is 0 Å². The molecule has 0 bridgehead atoms. The van der Waals surface area contributed by atoms with Gasteiger partial charge >= 0.3 is 0 Å². The van der Waals surface area contributed by atoms with Gasteiger partial charge in [-0.15, -0.1) is 0 Å². The summed E-state index contributed by atoms with van der Waals surface area (Å²) in [6.45, 7) is 0. The van der Waals surface area contributed by atoms with E-state index in [9.17, 15) is 4.79 Å². The molecule has 1 aromatic carbocycles. The molecule has 1 aromatic heterocycles. The predicted molar refractivity (Wildman–Crippen MR) is 68.0 cm³/mol. The van der Waals surface area contributed by atoms with Crippen LogP contribution in [0.2, 0.25) is 0 Å². The van der Waals surface area contributed by atoms with Gasteiger partial charge in [-0.05, 0) is 46.9 Å². The molecule has 0 fully saturated rings. The van der Waals surface area contributed by atoms with E-state index in [1.807, 2.05) is 54.2 Å². The Bertz CT molecular complexity index is 502. The van der Waals surface area contributed by atoms with Crippen LogP contribution in [0.15, 0.2) is 42.6 Å². The summed E-state index contributed by atoms with van der Waals surface area (Å²) in [4.78, 5) is 12.1. The number of aryl methyl sites for hydroxylation is 1. The van der Waals surface area contributed by atoms with E-state index in [2.05, 4.69) is 22.6 Å². The number of hydrogen-bond acceptors (Lipinski definition) is 1. The highest BCUT2D eigenvalue weighted by atomic mass is 127. The van der Waals surface area contributed by atoms with Gasteiger partial charge in [-0.3, -0.25) is 4.79 Å². The Hall–Kier alpha value is -1.10. The second-order valence-electron chi connectivity index (χ2n) is 3.31. The van der Waals surface area contributed by atoms with E-state index in [-0.39, 0.29) is 5.78 Å². The molecule has 0 N–H and O–H groups in total. The van der Waals surface area contributed by atoms with Gasteiger partial charge in [-0.1, -0.05) is 12.1 Å². The highest BCUT2D eigenvalue weighted by Crippen LogP contribution is 2.16. The fraction of sp³-hybridized carbons (Fsp3) is 0.0833. The number of carbonyl (C=O) groups excluding carboxylic acids is 1. The number of rotatable bonds is 2. The fourth-order valence-corrected chi connectivity index (χ4v) is 2.11. The molecule has 1 heterocycles. The van der Waals surface area contributed by atoms with Crippen molar-refractivity contribution >= 4 is 28.4 Å². The molecule has 2 nitrogen and oxygen atoms in total. The largest absolute Gasteiger partial charge is 0.348 e. The third-order valence-corrected chi connectivity index (χ3v) is 3.24. The predicted octanol–water partition coefficient (Wildman–Crippen LogP) is 2.86. The first-order valence-electron chi connectivity index (χ1n) is 4.60. The van der Waals surface area contributed by atoms with Gasteiger partial charge in [-0.2, -0.15) is 0 Å². The lowest BCUT2D eigenvalue weighted by Gasteiger charge is -2.04. The smallest absolute Gasteiger partial charge is 0.210 e. The molecule has 0 saturated carbocycles. The monoisotopic (exact) mass is 311 g/mol. The van der Waals surface area contributed by atoms with Gasteiger partial charge in [0.15, 0.2) is 0 Å². The molecule has 2 rings (SSSR count). The first kappa shape index (κ1) is 10.4. The molecule has 0 atom stereocenters. The first-order valence-corrected chi connectivity index (χ1v) is 5.68. The van der Waals surface area contributed by atoms with Crippen molar-refractivity contribution in [2.75, 3.05) is 0 Å². The molecule has 3 heteroatoms. The van der Waals surface area contributed by atoms with Crippen LogP contribution < -0.4 is 0 Å². The molecular weight excluding hydrogens is 301 g/mol. The van der Waals surface area contributed by atoms with Crippen molar-refractivity contribution in [2.24, 2.45) is 7.05 Å². The highest BCUT2D eigenvalue weighted by molar-refractivity contribution is 14.1. The van der Waals surface area contributed by atoms with Crippen LogP contribution in [0, 0.1) is 3.57 Å². The van der Waals surface area contributed by atoms with Gasteiger partial charge in [-0.25, -0.2) is 0 Å². The molecule has 0 unspecified atom stereocenters. The van der Waals surface area contributed by atoms with E-state index in [1.165, 1.54) is 0 Å². The third-order valence-electron chi connectivity index (χ3n) is 2.29. The number of ketones is 1. The molecule has 2 aromatic rings. The normalized spacial score (nSPS) is 10.3. The van der Waals surface area contributed by atoms with Crippen molar-refractivity contribution in [2.45, 2.75) is 0 Å². The summed E-state index contributed by atoms with van der Waals surface area (Å²) in [7, 11) is 1.88. The van der Waals surface area contributed by atoms with Gasteiger partial charge in [0, 0.05) is 22.4 Å². The van der Waals surface area contributed by atoms with E-state index in [0.717, 1.165) is 14.8 Å². The Morgan fingerprint density at radius 1 is 1.20 bits per heavy atom. The SMILES string of the molecule is Cn1cccc1C(=O)c1ccccc1I. The van der Waals surface area contributed by atoms with E-state index < -0.39 is 0 Å². The lowest BCUT2D eigenvalue weighted by molar-refractivity contribution is 0.103. The van der Waals surface area contributed by atoms with Gasteiger partial charge in [0.05, 0.1) is 5.69 Å². The maximum Gasteiger partial charge on any atom is 0.210 e. The quantitative estimate of drug-likeness (QED) is 0.617. The Morgan fingerprint density at radius 3 is 2.53 bits per heavy atom. The summed E-state index contributed by atoms with van der Waals surface area (Å²) in [6.07, 6.45) is 1.88. The summed E-state index contributed by atoms with van der Waals surface area (Å²) in [5, 5.41) is 0. The lowest BCUT2D eigenvalue weighted by atomic mass is 10.1.